The zero-order chi connectivity index (χ0) is 19.2. The fourth-order valence-corrected chi connectivity index (χ4v) is 4.38. The third-order valence-electron chi connectivity index (χ3n) is 5.21. The van der Waals surface area contributed by atoms with Crippen LogP contribution in [0.1, 0.15) is 17.7 Å². The van der Waals surface area contributed by atoms with Crippen LogP contribution in [-0.4, -0.2) is 43.2 Å². The molecule has 0 atom stereocenters. The van der Waals surface area contributed by atoms with Crippen LogP contribution in [-0.2, 0) is 16.0 Å². The number of ether oxygens (including phenoxy) is 2. The quantitative estimate of drug-likeness (QED) is 0.590. The molecule has 0 unspecified atom stereocenters. The molecule has 1 aromatic heterocycles. The molecule has 1 amide bonds. The normalized spacial score (nSPS) is 14.9. The van der Waals surface area contributed by atoms with Crippen LogP contribution in [0.5, 0.6) is 5.75 Å². The fourth-order valence-electron chi connectivity index (χ4n) is 3.68. The van der Waals surface area contributed by atoms with E-state index in [1.165, 1.54) is 10.3 Å². The second-order valence-corrected chi connectivity index (χ2v) is 8.09. The number of nitrogens with zero attached hydrogens (tertiary/aromatic N) is 1. The summed E-state index contributed by atoms with van der Waals surface area (Å²) >= 11 is 1.74. The fraction of sp³-hybridized carbons (Fsp3) is 0.348. The number of hydrogen-bond donors (Lipinski definition) is 0. The van der Waals surface area contributed by atoms with Crippen LogP contribution in [0.25, 0.3) is 10.8 Å². The highest BCUT2D eigenvalue weighted by Gasteiger charge is 2.26. The molecule has 2 aromatic carbocycles. The molecule has 0 spiro atoms. The van der Waals surface area contributed by atoms with Gasteiger partial charge < -0.3 is 14.4 Å². The zero-order valence-corrected chi connectivity index (χ0v) is 16.7. The molecule has 0 N–H and O–H groups in total. The Kier molecular flexibility index (Phi) is 6.24. The van der Waals surface area contributed by atoms with Gasteiger partial charge in [-0.1, -0.05) is 36.4 Å². The molecule has 0 aliphatic carbocycles. The lowest BCUT2D eigenvalue weighted by atomic mass is 10.1. The number of carbonyl (C=O) groups is 1. The molecule has 0 bridgehead atoms. The molecule has 1 aliphatic rings. The zero-order valence-electron chi connectivity index (χ0n) is 15.9. The topological polar surface area (TPSA) is 38.8 Å². The standard InChI is InChI=1S/C23H25NO3S/c25-23(17-27-21-8-7-18-4-1-2-5-19(18)16-21)24(20-10-13-26-14-11-20)12-9-22-6-3-15-28-22/h1-8,15-16,20H,9-14,17H2. The van der Waals surface area contributed by atoms with Gasteiger partial charge in [0.15, 0.2) is 6.61 Å². The second kappa shape index (κ2) is 9.22. The predicted molar refractivity (Wildman–Crippen MR) is 113 cm³/mol. The molecular formula is C23H25NO3S. The first-order chi connectivity index (χ1) is 13.8. The molecule has 0 saturated carbocycles. The van der Waals surface area contributed by atoms with Crippen molar-refractivity contribution < 1.29 is 14.3 Å². The van der Waals surface area contributed by atoms with E-state index in [-0.39, 0.29) is 18.6 Å². The molecule has 5 heteroatoms. The molecule has 4 rings (SSSR count). The highest BCUT2D eigenvalue weighted by Crippen LogP contribution is 2.21. The molecule has 146 valence electrons. The van der Waals surface area contributed by atoms with Crippen molar-refractivity contribution in [1.82, 2.24) is 4.90 Å². The number of fused-ring (bicyclic) bond motifs is 1. The van der Waals surface area contributed by atoms with Crippen molar-refractivity contribution in [2.45, 2.75) is 25.3 Å². The Morgan fingerprint density at radius 2 is 1.89 bits per heavy atom. The van der Waals surface area contributed by atoms with Crippen LogP contribution < -0.4 is 4.74 Å². The smallest absolute Gasteiger partial charge is 0.260 e. The minimum Gasteiger partial charge on any atom is -0.484 e. The third-order valence-corrected chi connectivity index (χ3v) is 6.15. The summed E-state index contributed by atoms with van der Waals surface area (Å²) in [5.74, 6) is 0.786. The lowest BCUT2D eigenvalue weighted by molar-refractivity contribution is -0.137. The summed E-state index contributed by atoms with van der Waals surface area (Å²) in [6.07, 6.45) is 2.68. The van der Waals surface area contributed by atoms with Crippen molar-refractivity contribution >= 4 is 28.0 Å². The predicted octanol–water partition coefficient (Wildman–Crippen LogP) is 4.53. The Balaban J connectivity index is 1.41. The van der Waals surface area contributed by atoms with E-state index in [1.54, 1.807) is 11.3 Å². The number of carbonyl (C=O) groups excluding carboxylic acids is 1. The van der Waals surface area contributed by atoms with Crippen LogP contribution in [0.15, 0.2) is 60.0 Å². The number of rotatable bonds is 7. The maximum absolute atomic E-state index is 13.0. The molecule has 2 heterocycles. The van der Waals surface area contributed by atoms with Gasteiger partial charge in [-0.15, -0.1) is 11.3 Å². The largest absolute Gasteiger partial charge is 0.484 e. The SMILES string of the molecule is O=C(COc1ccc2ccccc2c1)N(CCc1cccs1)C1CCOCC1. The van der Waals surface area contributed by atoms with E-state index in [0.717, 1.165) is 50.2 Å². The molecule has 4 nitrogen and oxygen atoms in total. The van der Waals surface area contributed by atoms with Gasteiger partial charge in [-0.2, -0.15) is 0 Å². The summed E-state index contributed by atoms with van der Waals surface area (Å²) in [6.45, 7) is 2.24. The average molecular weight is 396 g/mol. The molecule has 0 radical (unpaired) electrons. The Morgan fingerprint density at radius 1 is 1.07 bits per heavy atom. The van der Waals surface area contributed by atoms with Crippen molar-refractivity contribution in [3.63, 3.8) is 0 Å². The van der Waals surface area contributed by atoms with Gasteiger partial charge in [0.25, 0.3) is 5.91 Å². The molecular weight excluding hydrogens is 370 g/mol. The third kappa shape index (κ3) is 4.72. The lowest BCUT2D eigenvalue weighted by Crippen LogP contribution is -2.46. The second-order valence-electron chi connectivity index (χ2n) is 7.06. The highest BCUT2D eigenvalue weighted by atomic mass is 32.1. The minimum absolute atomic E-state index is 0.0524. The highest BCUT2D eigenvalue weighted by molar-refractivity contribution is 7.09. The van der Waals surface area contributed by atoms with Gasteiger partial charge in [-0.3, -0.25) is 4.79 Å². The van der Waals surface area contributed by atoms with Crippen molar-refractivity contribution in [2.75, 3.05) is 26.4 Å². The number of amides is 1. The minimum atomic E-state index is 0.0524. The van der Waals surface area contributed by atoms with E-state index in [2.05, 4.69) is 29.6 Å². The van der Waals surface area contributed by atoms with Crippen LogP contribution in [0, 0.1) is 0 Å². The van der Waals surface area contributed by atoms with Gasteiger partial charge in [0.1, 0.15) is 5.75 Å². The Morgan fingerprint density at radius 3 is 2.68 bits per heavy atom. The average Bonchev–Trinajstić information content (AvgIpc) is 3.26. The van der Waals surface area contributed by atoms with Gasteiger partial charge in [0, 0.05) is 30.7 Å². The number of hydrogen-bond acceptors (Lipinski definition) is 4. The van der Waals surface area contributed by atoms with Crippen LogP contribution in [0.2, 0.25) is 0 Å². The number of benzene rings is 2. The summed E-state index contributed by atoms with van der Waals surface area (Å²) in [5, 5.41) is 4.37. The van der Waals surface area contributed by atoms with E-state index in [0.29, 0.717) is 0 Å². The first-order valence-electron chi connectivity index (χ1n) is 9.81. The van der Waals surface area contributed by atoms with Gasteiger partial charge in [0.2, 0.25) is 0 Å². The van der Waals surface area contributed by atoms with Gasteiger partial charge in [-0.05, 0) is 53.6 Å². The summed E-state index contributed by atoms with van der Waals surface area (Å²) in [4.78, 5) is 16.3. The van der Waals surface area contributed by atoms with E-state index >= 15 is 0 Å². The van der Waals surface area contributed by atoms with E-state index in [1.807, 2.05) is 35.2 Å². The van der Waals surface area contributed by atoms with Crippen LogP contribution in [0.4, 0.5) is 0 Å². The van der Waals surface area contributed by atoms with Gasteiger partial charge >= 0.3 is 0 Å². The first-order valence-corrected chi connectivity index (χ1v) is 10.7. The van der Waals surface area contributed by atoms with Crippen molar-refractivity contribution in [1.29, 1.82) is 0 Å². The maximum Gasteiger partial charge on any atom is 0.260 e. The first kappa shape index (κ1) is 19.0. The van der Waals surface area contributed by atoms with E-state index in [4.69, 9.17) is 9.47 Å². The summed E-state index contributed by atoms with van der Waals surface area (Å²) in [6, 6.07) is 18.5. The van der Waals surface area contributed by atoms with Crippen molar-refractivity contribution in [3.8, 4) is 5.75 Å². The summed E-state index contributed by atoms with van der Waals surface area (Å²) in [5.41, 5.74) is 0. The van der Waals surface area contributed by atoms with Crippen molar-refractivity contribution in [2.24, 2.45) is 0 Å². The Bertz CT molecular complexity index is 903. The number of thiophene rings is 1. The lowest BCUT2D eigenvalue weighted by Gasteiger charge is -2.34. The molecule has 28 heavy (non-hydrogen) atoms. The van der Waals surface area contributed by atoms with E-state index < -0.39 is 0 Å². The van der Waals surface area contributed by atoms with Crippen LogP contribution in [0.3, 0.4) is 0 Å². The van der Waals surface area contributed by atoms with E-state index in [9.17, 15) is 4.79 Å². The van der Waals surface area contributed by atoms with Gasteiger partial charge in [0.05, 0.1) is 0 Å². The Labute approximate surface area is 169 Å². The summed E-state index contributed by atoms with van der Waals surface area (Å²) < 4.78 is 11.3. The van der Waals surface area contributed by atoms with Crippen molar-refractivity contribution in [3.05, 3.63) is 64.9 Å². The van der Waals surface area contributed by atoms with Crippen LogP contribution >= 0.6 is 11.3 Å². The van der Waals surface area contributed by atoms with Gasteiger partial charge in [-0.25, -0.2) is 0 Å². The monoisotopic (exact) mass is 395 g/mol. The Hall–Kier alpha value is -2.37. The maximum atomic E-state index is 13.0. The molecule has 1 fully saturated rings. The summed E-state index contributed by atoms with van der Waals surface area (Å²) in [7, 11) is 0. The molecule has 1 saturated heterocycles. The molecule has 1 aliphatic heterocycles. The molecule has 3 aromatic rings.